The van der Waals surface area contributed by atoms with Gasteiger partial charge in [-0.15, -0.1) is 0 Å². The first-order valence-electron chi connectivity index (χ1n) is 8.67. The van der Waals surface area contributed by atoms with Crippen LogP contribution >= 0.6 is 0 Å². The first-order chi connectivity index (χ1) is 12.2. The molecule has 0 aliphatic carbocycles. The van der Waals surface area contributed by atoms with Crippen molar-refractivity contribution < 1.29 is 9.53 Å². The lowest BCUT2D eigenvalue weighted by Gasteiger charge is -2.33. The van der Waals surface area contributed by atoms with Gasteiger partial charge in [-0.3, -0.25) is 9.79 Å². The number of pyridine rings is 1. The third kappa shape index (κ3) is 4.10. The van der Waals surface area contributed by atoms with E-state index >= 15 is 0 Å². The lowest BCUT2D eigenvalue weighted by molar-refractivity contribution is -0.146. The number of fused-ring (bicyclic) bond motifs is 1. The maximum absolute atomic E-state index is 11.6. The Balaban J connectivity index is 1.49. The number of ether oxygens (including phenoxy) is 1. The van der Waals surface area contributed by atoms with Crippen molar-refractivity contribution in [2.75, 3.05) is 33.8 Å². The van der Waals surface area contributed by atoms with Crippen molar-refractivity contribution in [3.05, 3.63) is 36.3 Å². The van der Waals surface area contributed by atoms with E-state index in [1.54, 1.807) is 7.05 Å². The molecule has 0 spiro atoms. The molecule has 0 atom stereocenters. The Bertz CT molecular complexity index is 714. The van der Waals surface area contributed by atoms with Crippen molar-refractivity contribution in [1.29, 1.82) is 0 Å². The number of hydrogen-bond acceptors (Lipinski definition) is 4. The van der Waals surface area contributed by atoms with E-state index in [4.69, 9.17) is 4.74 Å². The fourth-order valence-corrected chi connectivity index (χ4v) is 3.24. The minimum atomic E-state index is -0.102. The van der Waals surface area contributed by atoms with Crippen LogP contribution in [-0.4, -0.2) is 60.0 Å². The third-order valence-electron chi connectivity index (χ3n) is 4.62. The number of carbonyl (C=O) groups excluding carboxylic acids is 1. The summed E-state index contributed by atoms with van der Waals surface area (Å²) in [7, 11) is 3.24. The smallest absolute Gasteiger partial charge is 0.308 e. The lowest BCUT2D eigenvalue weighted by Crippen LogP contribution is -2.47. The number of piperidine rings is 1. The van der Waals surface area contributed by atoms with Crippen LogP contribution in [-0.2, 0) is 16.0 Å². The second kappa shape index (κ2) is 8.00. The number of hydrogen-bond donors (Lipinski definition) is 1. The molecule has 0 amide bonds. The molecule has 1 aliphatic rings. The summed E-state index contributed by atoms with van der Waals surface area (Å²) >= 11 is 0. The Labute approximate surface area is 147 Å². The zero-order valence-electron chi connectivity index (χ0n) is 14.8. The molecule has 0 bridgehead atoms. The molecule has 134 valence electrons. The maximum Gasteiger partial charge on any atom is 0.308 e. The van der Waals surface area contributed by atoms with Gasteiger partial charge < -0.3 is 19.4 Å². The predicted molar refractivity (Wildman–Crippen MR) is 96.6 cm³/mol. The van der Waals surface area contributed by atoms with E-state index in [0.717, 1.165) is 56.2 Å². The Morgan fingerprint density at radius 2 is 2.20 bits per heavy atom. The van der Waals surface area contributed by atoms with Crippen molar-refractivity contribution in [1.82, 2.24) is 19.6 Å². The van der Waals surface area contributed by atoms with Crippen LogP contribution in [0.3, 0.4) is 0 Å². The van der Waals surface area contributed by atoms with Crippen LogP contribution < -0.4 is 5.32 Å². The number of aromatic nitrogens is 2. The summed E-state index contributed by atoms with van der Waals surface area (Å²) in [5, 5.41) is 3.40. The summed E-state index contributed by atoms with van der Waals surface area (Å²) in [6.45, 7) is 2.40. The monoisotopic (exact) mass is 343 g/mol. The van der Waals surface area contributed by atoms with E-state index in [0.29, 0.717) is 0 Å². The first kappa shape index (κ1) is 17.3. The third-order valence-corrected chi connectivity index (χ3v) is 4.62. The molecule has 1 aliphatic heterocycles. The van der Waals surface area contributed by atoms with Crippen molar-refractivity contribution in [2.24, 2.45) is 10.9 Å². The van der Waals surface area contributed by atoms with Gasteiger partial charge in [0.25, 0.3) is 0 Å². The zero-order valence-corrected chi connectivity index (χ0v) is 14.8. The summed E-state index contributed by atoms with van der Waals surface area (Å²) in [4.78, 5) is 22.8. The quantitative estimate of drug-likeness (QED) is 0.515. The predicted octanol–water partition coefficient (Wildman–Crippen LogP) is 1.34. The Hall–Kier alpha value is -2.57. The highest BCUT2D eigenvalue weighted by Gasteiger charge is 2.26. The molecule has 2 aromatic rings. The Kier molecular flexibility index (Phi) is 5.53. The molecule has 1 saturated heterocycles. The van der Waals surface area contributed by atoms with Gasteiger partial charge in [0.15, 0.2) is 5.96 Å². The van der Waals surface area contributed by atoms with Crippen LogP contribution in [0.1, 0.15) is 18.5 Å². The number of guanidine groups is 1. The highest BCUT2D eigenvalue weighted by molar-refractivity contribution is 5.80. The van der Waals surface area contributed by atoms with Gasteiger partial charge >= 0.3 is 5.97 Å². The molecule has 1 fully saturated rings. The minimum absolute atomic E-state index is 0.0114. The van der Waals surface area contributed by atoms with Gasteiger partial charge in [-0.05, 0) is 25.0 Å². The fraction of sp³-hybridized carbons (Fsp3) is 0.500. The SMILES string of the molecule is CN=C(NCCc1cn2ccccc2n1)N1CCC(C(=O)OC)CC1. The standard InChI is InChI=1S/C18H25N5O2/c1-19-18(22-11-7-14(8-12-22)17(24)25-2)20-9-6-15-13-23-10-4-3-5-16(23)21-15/h3-5,10,13-14H,6-9,11-12H2,1-2H3,(H,19,20). The molecule has 2 aromatic heterocycles. The number of likely N-dealkylation sites (tertiary alicyclic amines) is 1. The van der Waals surface area contributed by atoms with Crippen molar-refractivity contribution in [2.45, 2.75) is 19.3 Å². The molecule has 0 aromatic carbocycles. The Morgan fingerprint density at radius 1 is 1.40 bits per heavy atom. The topological polar surface area (TPSA) is 71.2 Å². The van der Waals surface area contributed by atoms with E-state index in [1.807, 2.05) is 28.8 Å². The van der Waals surface area contributed by atoms with Gasteiger partial charge in [0, 0.05) is 45.5 Å². The van der Waals surface area contributed by atoms with Gasteiger partial charge in [-0.25, -0.2) is 4.98 Å². The van der Waals surface area contributed by atoms with Gasteiger partial charge in [-0.1, -0.05) is 6.07 Å². The molecule has 0 radical (unpaired) electrons. The second-order valence-corrected chi connectivity index (χ2v) is 6.21. The number of methoxy groups -OCH3 is 1. The van der Waals surface area contributed by atoms with Gasteiger partial charge in [-0.2, -0.15) is 0 Å². The highest BCUT2D eigenvalue weighted by Crippen LogP contribution is 2.18. The summed E-state index contributed by atoms with van der Waals surface area (Å²) < 4.78 is 6.87. The molecule has 7 nitrogen and oxygen atoms in total. The molecule has 7 heteroatoms. The molecular formula is C18H25N5O2. The molecular weight excluding hydrogens is 318 g/mol. The molecule has 1 N–H and O–H groups in total. The number of imidazole rings is 1. The molecule has 0 unspecified atom stereocenters. The first-order valence-corrected chi connectivity index (χ1v) is 8.67. The number of nitrogens with one attached hydrogen (secondary N) is 1. The largest absolute Gasteiger partial charge is 0.469 e. The Morgan fingerprint density at radius 3 is 2.88 bits per heavy atom. The molecule has 3 heterocycles. The van der Waals surface area contributed by atoms with Crippen LogP contribution in [0.4, 0.5) is 0 Å². The van der Waals surface area contributed by atoms with Crippen LogP contribution in [0, 0.1) is 5.92 Å². The summed E-state index contributed by atoms with van der Waals surface area (Å²) in [6.07, 6.45) is 6.50. The van der Waals surface area contributed by atoms with Crippen LogP contribution in [0.25, 0.3) is 5.65 Å². The van der Waals surface area contributed by atoms with Gasteiger partial charge in [0.05, 0.1) is 18.7 Å². The maximum atomic E-state index is 11.6. The summed E-state index contributed by atoms with van der Waals surface area (Å²) in [6, 6.07) is 5.99. The molecule has 3 rings (SSSR count). The summed E-state index contributed by atoms with van der Waals surface area (Å²) in [5.41, 5.74) is 2.02. The van der Waals surface area contributed by atoms with Crippen LogP contribution in [0.2, 0.25) is 0 Å². The van der Waals surface area contributed by atoms with Crippen LogP contribution in [0.15, 0.2) is 35.6 Å². The zero-order chi connectivity index (χ0) is 17.6. The molecule has 25 heavy (non-hydrogen) atoms. The fourth-order valence-electron chi connectivity index (χ4n) is 3.24. The van der Waals surface area contributed by atoms with E-state index in [-0.39, 0.29) is 11.9 Å². The number of esters is 1. The second-order valence-electron chi connectivity index (χ2n) is 6.21. The number of nitrogens with zero attached hydrogens (tertiary/aromatic N) is 4. The number of rotatable bonds is 4. The highest BCUT2D eigenvalue weighted by atomic mass is 16.5. The molecule has 0 saturated carbocycles. The normalized spacial score (nSPS) is 16.2. The van der Waals surface area contributed by atoms with Crippen molar-refractivity contribution in [3.8, 4) is 0 Å². The van der Waals surface area contributed by atoms with E-state index in [1.165, 1.54) is 7.11 Å². The lowest BCUT2D eigenvalue weighted by atomic mass is 9.97. The van der Waals surface area contributed by atoms with E-state index < -0.39 is 0 Å². The van der Waals surface area contributed by atoms with Crippen LogP contribution in [0.5, 0.6) is 0 Å². The number of aliphatic imine (C=N–C) groups is 1. The average Bonchev–Trinajstić information content (AvgIpc) is 3.07. The van der Waals surface area contributed by atoms with E-state index in [9.17, 15) is 4.79 Å². The van der Waals surface area contributed by atoms with Gasteiger partial charge in [0.2, 0.25) is 0 Å². The average molecular weight is 343 g/mol. The van der Waals surface area contributed by atoms with Gasteiger partial charge in [0.1, 0.15) is 5.65 Å². The van der Waals surface area contributed by atoms with Crippen molar-refractivity contribution in [3.63, 3.8) is 0 Å². The number of carbonyl (C=O) groups is 1. The minimum Gasteiger partial charge on any atom is -0.469 e. The van der Waals surface area contributed by atoms with E-state index in [2.05, 4.69) is 26.4 Å². The van der Waals surface area contributed by atoms with Crippen molar-refractivity contribution >= 4 is 17.6 Å². The summed E-state index contributed by atoms with van der Waals surface area (Å²) in [5.74, 6) is 0.791.